The smallest absolute Gasteiger partial charge is 0.337 e. The van der Waals surface area contributed by atoms with Gasteiger partial charge in [0.2, 0.25) is 5.95 Å². The topological polar surface area (TPSA) is 82.9 Å². The Labute approximate surface area is 177 Å². The summed E-state index contributed by atoms with van der Waals surface area (Å²) in [6.07, 6.45) is 0. The van der Waals surface area contributed by atoms with Crippen LogP contribution in [0.3, 0.4) is 0 Å². The molecule has 1 aromatic heterocycles. The number of carbonyl (C=O) groups is 1. The lowest BCUT2D eigenvalue weighted by atomic mass is 10.1. The van der Waals surface area contributed by atoms with Gasteiger partial charge in [-0.3, -0.25) is 4.79 Å². The third-order valence-electron chi connectivity index (χ3n) is 4.93. The van der Waals surface area contributed by atoms with Crippen LogP contribution in [0.25, 0.3) is 16.6 Å². The Morgan fingerprint density at radius 3 is 2.53 bits per heavy atom. The molecular weight excluding hydrogens is 406 g/mol. The maximum Gasteiger partial charge on any atom is 0.337 e. The van der Waals surface area contributed by atoms with Gasteiger partial charge in [0.25, 0.3) is 5.56 Å². The average Bonchev–Trinajstić information content (AvgIpc) is 3.32. The van der Waals surface area contributed by atoms with Crippen molar-refractivity contribution in [3.8, 4) is 17.2 Å². The van der Waals surface area contributed by atoms with Crippen molar-refractivity contribution < 1.29 is 19.0 Å². The van der Waals surface area contributed by atoms with Crippen molar-refractivity contribution in [3.63, 3.8) is 0 Å². The van der Waals surface area contributed by atoms with Crippen LogP contribution < -0.4 is 19.9 Å². The van der Waals surface area contributed by atoms with Crippen LogP contribution in [0.1, 0.15) is 10.4 Å². The Kier molecular flexibility index (Phi) is 5.54. The van der Waals surface area contributed by atoms with E-state index in [1.165, 1.54) is 7.11 Å². The minimum absolute atomic E-state index is 0.226. The van der Waals surface area contributed by atoms with E-state index in [0.29, 0.717) is 39.6 Å². The summed E-state index contributed by atoms with van der Waals surface area (Å²) in [5.74, 6) is 2.81. The van der Waals surface area contributed by atoms with Crippen LogP contribution in [0, 0.1) is 0 Å². The van der Waals surface area contributed by atoms with Crippen LogP contribution in [-0.2, 0) is 4.74 Å². The van der Waals surface area contributed by atoms with Gasteiger partial charge in [0.1, 0.15) is 0 Å². The molecule has 1 aliphatic rings. The molecule has 0 atom stereocenters. The van der Waals surface area contributed by atoms with E-state index in [4.69, 9.17) is 19.2 Å². The molecule has 0 bridgehead atoms. The van der Waals surface area contributed by atoms with Crippen LogP contribution in [0.5, 0.6) is 11.5 Å². The molecule has 1 fully saturated rings. The summed E-state index contributed by atoms with van der Waals surface area (Å²) in [5, 5.41) is 0.410. The number of carbonyl (C=O) groups excluding carboxylic acids is 1. The van der Waals surface area contributed by atoms with E-state index in [2.05, 4.69) is 0 Å². The van der Waals surface area contributed by atoms with E-state index in [1.807, 2.05) is 4.90 Å². The lowest BCUT2D eigenvalue weighted by molar-refractivity contribution is 0.0601. The van der Waals surface area contributed by atoms with E-state index in [-0.39, 0.29) is 5.56 Å². The highest BCUT2D eigenvalue weighted by atomic mass is 32.2. The van der Waals surface area contributed by atoms with Crippen LogP contribution in [0.2, 0.25) is 0 Å². The molecule has 0 N–H and O–H groups in total. The normalized spacial score (nSPS) is 13.5. The molecule has 2 aromatic carbocycles. The van der Waals surface area contributed by atoms with Crippen LogP contribution in [-0.4, -0.2) is 55.0 Å². The lowest BCUT2D eigenvalue weighted by Crippen LogP contribution is -2.30. The molecule has 0 amide bonds. The molecule has 0 aliphatic carbocycles. The molecule has 156 valence electrons. The zero-order valence-electron chi connectivity index (χ0n) is 16.9. The SMILES string of the molecule is COC(=O)c1ccc2c(=O)n(-c3ccc(OC)c(OC)c3)c(N3CCSC3)nc2c1. The summed E-state index contributed by atoms with van der Waals surface area (Å²) in [5.41, 5.74) is 1.19. The molecule has 3 aromatic rings. The Bertz CT molecular complexity index is 1170. The van der Waals surface area contributed by atoms with Gasteiger partial charge in [-0.25, -0.2) is 14.3 Å². The number of methoxy groups -OCH3 is 3. The van der Waals surface area contributed by atoms with Crippen molar-refractivity contribution in [1.29, 1.82) is 0 Å². The number of aromatic nitrogens is 2. The van der Waals surface area contributed by atoms with Gasteiger partial charge in [-0.2, -0.15) is 0 Å². The van der Waals surface area contributed by atoms with Gasteiger partial charge in [0.15, 0.2) is 11.5 Å². The zero-order valence-corrected chi connectivity index (χ0v) is 17.7. The van der Waals surface area contributed by atoms with Crippen LogP contribution in [0.4, 0.5) is 5.95 Å². The van der Waals surface area contributed by atoms with Crippen molar-refractivity contribution in [2.24, 2.45) is 0 Å². The molecule has 30 heavy (non-hydrogen) atoms. The molecule has 0 spiro atoms. The largest absolute Gasteiger partial charge is 0.493 e. The number of esters is 1. The maximum absolute atomic E-state index is 13.5. The lowest BCUT2D eigenvalue weighted by Gasteiger charge is -2.22. The second kappa shape index (κ2) is 8.27. The van der Waals surface area contributed by atoms with Crippen LogP contribution in [0.15, 0.2) is 41.2 Å². The predicted octanol–water partition coefficient (Wildman–Crippen LogP) is 2.70. The Morgan fingerprint density at radius 1 is 1.07 bits per heavy atom. The van der Waals surface area contributed by atoms with Crippen molar-refractivity contribution in [1.82, 2.24) is 9.55 Å². The number of hydrogen-bond acceptors (Lipinski definition) is 8. The summed E-state index contributed by atoms with van der Waals surface area (Å²) >= 11 is 1.77. The van der Waals surface area contributed by atoms with Crippen LogP contribution >= 0.6 is 11.8 Å². The molecule has 0 radical (unpaired) electrons. The van der Waals surface area contributed by atoms with Gasteiger partial charge >= 0.3 is 5.97 Å². The van der Waals surface area contributed by atoms with Gasteiger partial charge in [-0.1, -0.05) is 0 Å². The summed E-state index contributed by atoms with van der Waals surface area (Å²) in [7, 11) is 4.43. The second-order valence-electron chi connectivity index (χ2n) is 6.62. The summed E-state index contributed by atoms with van der Waals surface area (Å²) in [6, 6.07) is 10.1. The number of ether oxygens (including phenoxy) is 3. The zero-order chi connectivity index (χ0) is 21.3. The van der Waals surface area contributed by atoms with E-state index in [9.17, 15) is 9.59 Å². The number of anilines is 1. The summed E-state index contributed by atoms with van der Waals surface area (Å²) in [4.78, 5) is 32.3. The highest BCUT2D eigenvalue weighted by Gasteiger charge is 2.23. The van der Waals surface area contributed by atoms with Crippen molar-refractivity contribution in [2.75, 3.05) is 44.4 Å². The molecule has 0 saturated carbocycles. The molecule has 1 aliphatic heterocycles. The molecule has 0 unspecified atom stereocenters. The first-order chi connectivity index (χ1) is 14.6. The van der Waals surface area contributed by atoms with Crippen molar-refractivity contribution >= 4 is 34.6 Å². The predicted molar refractivity (Wildman–Crippen MR) is 116 cm³/mol. The molecular formula is C21H21N3O5S. The van der Waals surface area contributed by atoms with Gasteiger partial charge in [-0.05, 0) is 30.3 Å². The highest BCUT2D eigenvalue weighted by Crippen LogP contribution is 2.31. The quantitative estimate of drug-likeness (QED) is 0.575. The molecule has 1 saturated heterocycles. The van der Waals surface area contributed by atoms with Crippen molar-refractivity contribution in [3.05, 3.63) is 52.3 Å². The molecule has 4 rings (SSSR count). The number of fused-ring (bicyclic) bond motifs is 1. The minimum Gasteiger partial charge on any atom is -0.493 e. The maximum atomic E-state index is 13.5. The monoisotopic (exact) mass is 427 g/mol. The number of hydrogen-bond donors (Lipinski definition) is 0. The van der Waals surface area contributed by atoms with Gasteiger partial charge in [0.05, 0.1) is 49.4 Å². The third kappa shape index (κ3) is 3.45. The Hall–Kier alpha value is -3.20. The fourth-order valence-corrected chi connectivity index (χ4v) is 4.34. The Morgan fingerprint density at radius 2 is 1.87 bits per heavy atom. The fourth-order valence-electron chi connectivity index (χ4n) is 3.40. The van der Waals surface area contributed by atoms with Gasteiger partial charge in [-0.15, -0.1) is 11.8 Å². The number of rotatable bonds is 5. The van der Waals surface area contributed by atoms with E-state index >= 15 is 0 Å². The molecule has 9 heteroatoms. The first-order valence-corrected chi connectivity index (χ1v) is 10.4. The molecule has 2 heterocycles. The van der Waals surface area contributed by atoms with Gasteiger partial charge < -0.3 is 19.1 Å². The van der Waals surface area contributed by atoms with E-state index in [0.717, 1.165) is 18.2 Å². The van der Waals surface area contributed by atoms with E-state index < -0.39 is 5.97 Å². The number of thioether (sulfide) groups is 1. The first-order valence-electron chi connectivity index (χ1n) is 9.27. The highest BCUT2D eigenvalue weighted by molar-refractivity contribution is 7.99. The number of nitrogens with zero attached hydrogens (tertiary/aromatic N) is 3. The minimum atomic E-state index is -0.471. The molecule has 8 nitrogen and oxygen atoms in total. The summed E-state index contributed by atoms with van der Waals surface area (Å²) < 4.78 is 17.1. The Balaban J connectivity index is 1.98. The fraction of sp³-hybridized carbons (Fsp3) is 0.286. The second-order valence-corrected chi connectivity index (χ2v) is 7.69. The number of benzene rings is 2. The first kappa shape index (κ1) is 20.1. The standard InChI is InChI=1S/C21H21N3O5S/c1-27-17-7-5-14(11-18(17)28-2)24-19(25)15-6-4-13(20(26)29-3)10-16(15)22-21(24)23-8-9-30-12-23/h4-7,10-11H,8-9,12H2,1-3H3. The van der Waals surface area contributed by atoms with E-state index in [1.54, 1.807) is 66.9 Å². The van der Waals surface area contributed by atoms with Gasteiger partial charge in [0, 0.05) is 18.4 Å². The van der Waals surface area contributed by atoms with Crippen molar-refractivity contribution in [2.45, 2.75) is 0 Å². The average molecular weight is 427 g/mol. The third-order valence-corrected chi connectivity index (χ3v) is 5.90. The summed E-state index contributed by atoms with van der Waals surface area (Å²) in [6.45, 7) is 0.770.